The fourth-order valence-corrected chi connectivity index (χ4v) is 4.36. The number of carbonyl (C=O) groups is 1. The Morgan fingerprint density at radius 2 is 1.79 bits per heavy atom. The Balaban J connectivity index is 1.63. The molecule has 0 spiro atoms. The van der Waals surface area contributed by atoms with Gasteiger partial charge in [0.15, 0.2) is 0 Å². The third-order valence-corrected chi connectivity index (χ3v) is 6.44. The molecule has 0 aliphatic carbocycles. The van der Waals surface area contributed by atoms with E-state index in [0.29, 0.717) is 50.3 Å². The highest BCUT2D eigenvalue weighted by atomic mass is 32.2. The SMILES string of the molecule is CCN(Cc1ccccc1)C(=O)c1cccc(OC2CCN(S(C)(=O)=O)CC2)c1. The Labute approximate surface area is 173 Å². The van der Waals surface area contributed by atoms with E-state index >= 15 is 0 Å². The highest BCUT2D eigenvalue weighted by Gasteiger charge is 2.26. The molecular weight excluding hydrogens is 388 g/mol. The quantitative estimate of drug-likeness (QED) is 0.695. The van der Waals surface area contributed by atoms with Gasteiger partial charge in [-0.15, -0.1) is 0 Å². The number of hydrogen-bond acceptors (Lipinski definition) is 4. The summed E-state index contributed by atoms with van der Waals surface area (Å²) in [4.78, 5) is 14.8. The third kappa shape index (κ3) is 5.81. The van der Waals surface area contributed by atoms with Gasteiger partial charge < -0.3 is 9.64 Å². The molecule has 6 nitrogen and oxygen atoms in total. The number of carbonyl (C=O) groups excluding carboxylic acids is 1. The zero-order valence-corrected chi connectivity index (χ0v) is 17.8. The molecule has 29 heavy (non-hydrogen) atoms. The summed E-state index contributed by atoms with van der Waals surface area (Å²) in [5.41, 5.74) is 1.68. The van der Waals surface area contributed by atoms with Gasteiger partial charge in [0.2, 0.25) is 10.0 Å². The summed E-state index contributed by atoms with van der Waals surface area (Å²) in [5.74, 6) is 0.609. The molecule has 0 atom stereocenters. The van der Waals surface area contributed by atoms with E-state index in [1.165, 1.54) is 10.6 Å². The molecule has 0 saturated carbocycles. The molecule has 2 aromatic rings. The predicted octanol–water partition coefficient (Wildman–Crippen LogP) is 3.15. The Hall–Kier alpha value is -2.38. The van der Waals surface area contributed by atoms with Crippen molar-refractivity contribution in [3.05, 3.63) is 65.7 Å². The van der Waals surface area contributed by atoms with Crippen LogP contribution in [0.4, 0.5) is 0 Å². The Morgan fingerprint density at radius 3 is 2.41 bits per heavy atom. The van der Waals surface area contributed by atoms with Gasteiger partial charge in [-0.3, -0.25) is 4.79 Å². The van der Waals surface area contributed by atoms with Gasteiger partial charge in [-0.1, -0.05) is 36.4 Å². The first kappa shape index (κ1) is 21.3. The molecule has 1 fully saturated rings. The molecule has 1 heterocycles. The summed E-state index contributed by atoms with van der Waals surface area (Å²) < 4.78 is 30.8. The summed E-state index contributed by atoms with van der Waals surface area (Å²) in [7, 11) is -3.15. The summed E-state index contributed by atoms with van der Waals surface area (Å²) in [6, 6.07) is 17.2. The van der Waals surface area contributed by atoms with Crippen molar-refractivity contribution >= 4 is 15.9 Å². The first-order valence-corrected chi connectivity index (χ1v) is 11.8. The van der Waals surface area contributed by atoms with E-state index in [-0.39, 0.29) is 12.0 Å². The van der Waals surface area contributed by atoms with Crippen LogP contribution in [-0.4, -0.2) is 55.5 Å². The van der Waals surface area contributed by atoms with Crippen LogP contribution in [0.1, 0.15) is 35.7 Å². The first-order chi connectivity index (χ1) is 13.9. The zero-order valence-electron chi connectivity index (χ0n) is 17.0. The summed E-state index contributed by atoms with van der Waals surface area (Å²) in [6.07, 6.45) is 2.46. The highest BCUT2D eigenvalue weighted by molar-refractivity contribution is 7.88. The number of rotatable bonds is 7. The van der Waals surface area contributed by atoms with Crippen molar-refractivity contribution in [3.63, 3.8) is 0 Å². The summed E-state index contributed by atoms with van der Waals surface area (Å²) in [6.45, 7) is 4.07. The molecule has 0 bridgehead atoms. The number of nitrogens with zero attached hydrogens (tertiary/aromatic N) is 2. The summed E-state index contributed by atoms with van der Waals surface area (Å²) >= 11 is 0. The lowest BCUT2D eigenvalue weighted by atomic mass is 10.1. The van der Waals surface area contributed by atoms with Crippen LogP contribution in [0.25, 0.3) is 0 Å². The van der Waals surface area contributed by atoms with Crippen LogP contribution in [0.15, 0.2) is 54.6 Å². The number of sulfonamides is 1. The lowest BCUT2D eigenvalue weighted by molar-refractivity contribution is 0.0751. The first-order valence-electron chi connectivity index (χ1n) is 9.92. The van der Waals surface area contributed by atoms with Crippen LogP contribution in [0.3, 0.4) is 0 Å². The minimum absolute atomic E-state index is 0.0336. The molecule has 1 saturated heterocycles. The standard InChI is InChI=1S/C22H28N2O4S/c1-3-23(17-18-8-5-4-6-9-18)22(25)19-10-7-11-21(16-19)28-20-12-14-24(15-13-20)29(2,26)27/h4-11,16,20H,3,12-15,17H2,1-2H3. The molecular formula is C22H28N2O4S. The lowest BCUT2D eigenvalue weighted by Gasteiger charge is -2.30. The number of ether oxygens (including phenoxy) is 1. The fraction of sp³-hybridized carbons (Fsp3) is 0.409. The normalized spacial score (nSPS) is 15.8. The predicted molar refractivity (Wildman–Crippen MR) is 113 cm³/mol. The van der Waals surface area contributed by atoms with Crippen LogP contribution >= 0.6 is 0 Å². The zero-order chi connectivity index (χ0) is 20.9. The van der Waals surface area contributed by atoms with Gasteiger partial charge in [0.1, 0.15) is 11.9 Å². The Morgan fingerprint density at radius 1 is 1.10 bits per heavy atom. The number of amides is 1. The topological polar surface area (TPSA) is 66.9 Å². The van der Waals surface area contributed by atoms with E-state index in [1.807, 2.05) is 49.4 Å². The number of hydrogen-bond donors (Lipinski definition) is 0. The molecule has 1 aliphatic heterocycles. The molecule has 7 heteroatoms. The van der Waals surface area contributed by atoms with Crippen LogP contribution in [0.2, 0.25) is 0 Å². The second kappa shape index (κ2) is 9.41. The van der Waals surface area contributed by atoms with Gasteiger partial charge in [-0.25, -0.2) is 12.7 Å². The van der Waals surface area contributed by atoms with Crippen LogP contribution in [0.5, 0.6) is 5.75 Å². The van der Waals surface area contributed by atoms with Crippen molar-refractivity contribution in [2.45, 2.75) is 32.4 Å². The van der Waals surface area contributed by atoms with Gasteiger partial charge in [0.25, 0.3) is 5.91 Å². The van der Waals surface area contributed by atoms with Crippen molar-refractivity contribution in [2.75, 3.05) is 25.9 Å². The van der Waals surface area contributed by atoms with Crippen molar-refractivity contribution in [1.82, 2.24) is 9.21 Å². The maximum atomic E-state index is 13.0. The Bertz CT molecular complexity index is 923. The van der Waals surface area contributed by atoms with E-state index in [9.17, 15) is 13.2 Å². The maximum Gasteiger partial charge on any atom is 0.254 e. The highest BCUT2D eigenvalue weighted by Crippen LogP contribution is 2.22. The van der Waals surface area contributed by atoms with Gasteiger partial charge in [0, 0.05) is 31.7 Å². The molecule has 156 valence electrons. The van der Waals surface area contributed by atoms with Crippen LogP contribution < -0.4 is 4.74 Å². The lowest BCUT2D eigenvalue weighted by Crippen LogP contribution is -2.41. The molecule has 0 N–H and O–H groups in total. The average molecular weight is 417 g/mol. The fourth-order valence-electron chi connectivity index (χ4n) is 3.49. The summed E-state index contributed by atoms with van der Waals surface area (Å²) in [5, 5.41) is 0. The van der Waals surface area contributed by atoms with Crippen molar-refractivity contribution < 1.29 is 17.9 Å². The molecule has 3 rings (SSSR count). The minimum atomic E-state index is -3.15. The van der Waals surface area contributed by atoms with E-state index in [2.05, 4.69) is 0 Å². The second-order valence-corrected chi connectivity index (χ2v) is 9.29. The van der Waals surface area contributed by atoms with E-state index in [1.54, 1.807) is 17.0 Å². The number of piperidine rings is 1. The molecule has 1 amide bonds. The smallest absolute Gasteiger partial charge is 0.254 e. The molecule has 0 radical (unpaired) electrons. The third-order valence-electron chi connectivity index (χ3n) is 5.14. The van der Waals surface area contributed by atoms with Gasteiger partial charge in [-0.05, 0) is 43.5 Å². The van der Waals surface area contributed by atoms with Gasteiger partial charge in [0.05, 0.1) is 6.26 Å². The van der Waals surface area contributed by atoms with Crippen LogP contribution in [-0.2, 0) is 16.6 Å². The molecule has 2 aromatic carbocycles. The van der Waals surface area contributed by atoms with Gasteiger partial charge in [-0.2, -0.15) is 0 Å². The van der Waals surface area contributed by atoms with Gasteiger partial charge >= 0.3 is 0 Å². The van der Waals surface area contributed by atoms with Crippen molar-refractivity contribution in [1.29, 1.82) is 0 Å². The van der Waals surface area contributed by atoms with Crippen molar-refractivity contribution in [2.24, 2.45) is 0 Å². The number of benzene rings is 2. The van der Waals surface area contributed by atoms with Crippen LogP contribution in [0, 0.1) is 0 Å². The monoisotopic (exact) mass is 416 g/mol. The Kier molecular flexibility index (Phi) is 6.92. The van der Waals surface area contributed by atoms with Crippen molar-refractivity contribution in [3.8, 4) is 5.75 Å². The second-order valence-electron chi connectivity index (χ2n) is 7.31. The minimum Gasteiger partial charge on any atom is -0.490 e. The molecule has 1 aliphatic rings. The molecule has 0 aromatic heterocycles. The largest absolute Gasteiger partial charge is 0.490 e. The van der Waals surface area contributed by atoms with E-state index in [0.717, 1.165) is 5.56 Å². The van der Waals surface area contributed by atoms with E-state index < -0.39 is 10.0 Å². The maximum absolute atomic E-state index is 13.0. The average Bonchev–Trinajstić information content (AvgIpc) is 2.72. The van der Waals surface area contributed by atoms with E-state index in [4.69, 9.17) is 4.74 Å². The molecule has 0 unspecified atom stereocenters.